The topological polar surface area (TPSA) is 38.9 Å². The van der Waals surface area contributed by atoms with E-state index in [1.54, 1.807) is 12.3 Å². The van der Waals surface area contributed by atoms with E-state index in [1.165, 1.54) is 0 Å². The van der Waals surface area contributed by atoms with Crippen molar-refractivity contribution in [2.45, 2.75) is 13.0 Å². The normalized spacial score (nSPS) is 12.8. The molecule has 0 aliphatic heterocycles. The highest BCUT2D eigenvalue weighted by molar-refractivity contribution is 7.13. The van der Waals surface area contributed by atoms with E-state index in [1.807, 2.05) is 0 Å². The van der Waals surface area contributed by atoms with E-state index in [-0.39, 0.29) is 16.6 Å². The molecule has 0 bridgehead atoms. The van der Waals surface area contributed by atoms with Gasteiger partial charge < -0.3 is 5.73 Å². The lowest BCUT2D eigenvalue weighted by Crippen LogP contribution is -2.05. The van der Waals surface area contributed by atoms with Gasteiger partial charge in [0, 0.05) is 17.0 Å². The van der Waals surface area contributed by atoms with Crippen molar-refractivity contribution in [3.8, 4) is 10.6 Å². The van der Waals surface area contributed by atoms with Crippen LogP contribution in [0, 0.1) is 17.5 Å². The number of nitrogens with two attached hydrogens (primary N) is 1. The minimum atomic E-state index is -1.49. The van der Waals surface area contributed by atoms with Gasteiger partial charge in [0.05, 0.1) is 5.69 Å². The van der Waals surface area contributed by atoms with Crippen molar-refractivity contribution in [2.24, 2.45) is 5.73 Å². The summed E-state index contributed by atoms with van der Waals surface area (Å²) in [6.07, 6.45) is 0. The lowest BCUT2D eigenvalue weighted by molar-refractivity contribution is 0.449. The average molecular weight is 258 g/mol. The van der Waals surface area contributed by atoms with Gasteiger partial charge in [0.25, 0.3) is 0 Å². The predicted octanol–water partition coefficient (Wildman–Crippen LogP) is 3.25. The molecule has 1 atom stereocenters. The van der Waals surface area contributed by atoms with Crippen LogP contribution < -0.4 is 5.73 Å². The Kier molecular flexibility index (Phi) is 3.17. The zero-order valence-electron chi connectivity index (χ0n) is 8.88. The molecule has 1 aromatic heterocycles. The quantitative estimate of drug-likeness (QED) is 0.840. The Labute approximate surface area is 99.9 Å². The van der Waals surface area contributed by atoms with Crippen LogP contribution in [0.5, 0.6) is 0 Å². The van der Waals surface area contributed by atoms with Crippen LogP contribution in [0.25, 0.3) is 10.6 Å². The second-order valence-electron chi connectivity index (χ2n) is 3.59. The van der Waals surface area contributed by atoms with Crippen molar-refractivity contribution >= 4 is 11.3 Å². The van der Waals surface area contributed by atoms with Gasteiger partial charge in [-0.2, -0.15) is 0 Å². The molecule has 0 saturated heterocycles. The molecule has 1 heterocycles. The van der Waals surface area contributed by atoms with E-state index in [0.29, 0.717) is 5.69 Å². The lowest BCUT2D eigenvalue weighted by Gasteiger charge is -2.01. The highest BCUT2D eigenvalue weighted by Gasteiger charge is 2.17. The summed E-state index contributed by atoms with van der Waals surface area (Å²) < 4.78 is 39.3. The van der Waals surface area contributed by atoms with Crippen LogP contribution in [0.15, 0.2) is 17.5 Å². The van der Waals surface area contributed by atoms with Crippen molar-refractivity contribution in [3.63, 3.8) is 0 Å². The summed E-state index contributed by atoms with van der Waals surface area (Å²) in [4.78, 5) is 4.08. The number of nitrogens with zero attached hydrogens (tertiary/aromatic N) is 1. The highest BCUT2D eigenvalue weighted by atomic mass is 32.1. The van der Waals surface area contributed by atoms with Crippen LogP contribution in [0.4, 0.5) is 13.2 Å². The number of rotatable bonds is 2. The molecule has 1 unspecified atom stereocenters. The monoisotopic (exact) mass is 258 g/mol. The number of thiazole rings is 1. The number of hydrogen-bond donors (Lipinski definition) is 1. The minimum Gasteiger partial charge on any atom is -0.323 e. The standard InChI is InChI=1S/C11H9F3N2S/c1-5(15)8-4-17-11(16-8)6-2-3-7(12)10(14)9(6)13/h2-5H,15H2,1H3. The first-order chi connectivity index (χ1) is 8.00. The summed E-state index contributed by atoms with van der Waals surface area (Å²) >= 11 is 1.14. The Morgan fingerprint density at radius 2 is 1.94 bits per heavy atom. The smallest absolute Gasteiger partial charge is 0.195 e. The van der Waals surface area contributed by atoms with E-state index in [2.05, 4.69) is 4.98 Å². The van der Waals surface area contributed by atoms with Crippen LogP contribution in [-0.4, -0.2) is 4.98 Å². The summed E-state index contributed by atoms with van der Waals surface area (Å²) in [6.45, 7) is 1.74. The molecule has 90 valence electrons. The summed E-state index contributed by atoms with van der Waals surface area (Å²) in [5.41, 5.74) is 6.15. The van der Waals surface area contributed by atoms with Crippen molar-refractivity contribution in [2.75, 3.05) is 0 Å². The average Bonchev–Trinajstić information content (AvgIpc) is 2.75. The van der Waals surface area contributed by atoms with Gasteiger partial charge in [-0.05, 0) is 19.1 Å². The molecule has 0 fully saturated rings. The molecule has 2 aromatic rings. The molecule has 2 nitrogen and oxygen atoms in total. The van der Waals surface area contributed by atoms with Gasteiger partial charge in [0.1, 0.15) is 5.01 Å². The second kappa shape index (κ2) is 4.46. The SMILES string of the molecule is CC(N)c1csc(-c2ccc(F)c(F)c2F)n1. The molecule has 6 heteroatoms. The predicted molar refractivity (Wildman–Crippen MR) is 60.0 cm³/mol. The highest BCUT2D eigenvalue weighted by Crippen LogP contribution is 2.29. The van der Waals surface area contributed by atoms with E-state index in [4.69, 9.17) is 5.73 Å². The molecule has 0 spiro atoms. The van der Waals surface area contributed by atoms with Crippen LogP contribution >= 0.6 is 11.3 Å². The first-order valence-corrected chi connectivity index (χ1v) is 5.73. The Hall–Kier alpha value is -1.40. The van der Waals surface area contributed by atoms with Crippen LogP contribution in [-0.2, 0) is 0 Å². The fourth-order valence-corrected chi connectivity index (χ4v) is 2.25. The van der Waals surface area contributed by atoms with Gasteiger partial charge in [0.15, 0.2) is 17.5 Å². The van der Waals surface area contributed by atoms with Crippen molar-refractivity contribution in [1.29, 1.82) is 0 Å². The fourth-order valence-electron chi connectivity index (χ4n) is 1.31. The Balaban J connectivity index is 2.49. The first-order valence-electron chi connectivity index (χ1n) is 4.85. The van der Waals surface area contributed by atoms with Gasteiger partial charge in [-0.25, -0.2) is 18.2 Å². The Morgan fingerprint density at radius 3 is 2.53 bits per heavy atom. The molecule has 0 saturated carbocycles. The molecule has 0 aliphatic carbocycles. The zero-order valence-corrected chi connectivity index (χ0v) is 9.69. The largest absolute Gasteiger partial charge is 0.323 e. The van der Waals surface area contributed by atoms with E-state index >= 15 is 0 Å². The third-order valence-electron chi connectivity index (χ3n) is 2.25. The molecular formula is C11H9F3N2S. The van der Waals surface area contributed by atoms with Gasteiger partial charge in [-0.1, -0.05) is 0 Å². The molecule has 1 aromatic carbocycles. The van der Waals surface area contributed by atoms with Crippen molar-refractivity contribution in [1.82, 2.24) is 4.98 Å². The summed E-state index contributed by atoms with van der Waals surface area (Å²) in [6, 6.07) is 1.76. The van der Waals surface area contributed by atoms with Gasteiger partial charge >= 0.3 is 0 Å². The third kappa shape index (κ3) is 2.18. The molecule has 2 rings (SSSR count). The second-order valence-corrected chi connectivity index (χ2v) is 4.45. The maximum absolute atomic E-state index is 13.5. The van der Waals surface area contributed by atoms with Crippen LogP contribution in [0.1, 0.15) is 18.7 Å². The Morgan fingerprint density at radius 1 is 1.24 bits per heavy atom. The summed E-state index contributed by atoms with van der Waals surface area (Å²) in [5, 5.41) is 1.95. The minimum absolute atomic E-state index is 0.0548. The first kappa shape index (κ1) is 12.1. The number of halogens is 3. The van der Waals surface area contributed by atoms with Crippen LogP contribution in [0.3, 0.4) is 0 Å². The van der Waals surface area contributed by atoms with E-state index in [9.17, 15) is 13.2 Å². The molecule has 0 radical (unpaired) electrons. The number of benzene rings is 1. The van der Waals surface area contributed by atoms with Gasteiger partial charge in [-0.15, -0.1) is 11.3 Å². The lowest BCUT2D eigenvalue weighted by atomic mass is 10.2. The number of hydrogen-bond acceptors (Lipinski definition) is 3. The van der Waals surface area contributed by atoms with E-state index in [0.717, 1.165) is 23.5 Å². The summed E-state index contributed by atoms with van der Waals surface area (Å²) in [5.74, 6) is -3.93. The van der Waals surface area contributed by atoms with Gasteiger partial charge in [0.2, 0.25) is 0 Å². The molecular weight excluding hydrogens is 249 g/mol. The maximum Gasteiger partial charge on any atom is 0.195 e. The summed E-state index contributed by atoms with van der Waals surface area (Å²) in [7, 11) is 0. The Bertz CT molecular complexity index is 552. The van der Waals surface area contributed by atoms with E-state index < -0.39 is 17.5 Å². The van der Waals surface area contributed by atoms with Crippen LogP contribution in [0.2, 0.25) is 0 Å². The molecule has 2 N–H and O–H groups in total. The fraction of sp³-hybridized carbons (Fsp3) is 0.182. The van der Waals surface area contributed by atoms with Gasteiger partial charge in [-0.3, -0.25) is 0 Å². The molecule has 0 amide bonds. The third-order valence-corrected chi connectivity index (χ3v) is 3.15. The molecule has 0 aliphatic rings. The number of aromatic nitrogens is 1. The zero-order chi connectivity index (χ0) is 12.6. The maximum atomic E-state index is 13.5. The van der Waals surface area contributed by atoms with Crippen molar-refractivity contribution < 1.29 is 13.2 Å². The molecule has 17 heavy (non-hydrogen) atoms. The van der Waals surface area contributed by atoms with Crippen molar-refractivity contribution in [3.05, 3.63) is 40.7 Å².